The molecule has 0 atom stereocenters. The molecule has 0 fully saturated rings. The maximum Gasteiger partial charge on any atom is 0.164 e. The number of nitrogens with one attached hydrogen (secondary N) is 1. The van der Waals surface area contributed by atoms with Crippen molar-refractivity contribution in [1.82, 2.24) is 19.9 Å². The first kappa shape index (κ1) is 27.9. The van der Waals surface area contributed by atoms with Gasteiger partial charge in [0.1, 0.15) is 5.71 Å². The van der Waals surface area contributed by atoms with E-state index in [9.17, 15) is 5.21 Å². The number of fused-ring (bicyclic) bond motifs is 3. The number of allylic oxidation sites excluding steroid dienone is 1. The zero-order valence-electron chi connectivity index (χ0n) is 25.0. The third-order valence-corrected chi connectivity index (χ3v) is 8.28. The maximum absolute atomic E-state index is 9.63. The molecule has 2 N–H and O–H groups in total. The summed E-state index contributed by atoms with van der Waals surface area (Å²) in [5.74, 6) is 1.80. The van der Waals surface area contributed by atoms with Crippen LogP contribution < -0.4 is 0 Å². The van der Waals surface area contributed by atoms with Crippen molar-refractivity contribution in [3.63, 3.8) is 0 Å². The normalized spacial score (nSPS) is 13.2. The lowest BCUT2D eigenvalue weighted by Crippen LogP contribution is -2.18. The number of aromatic nitrogens is 4. The highest BCUT2D eigenvalue weighted by Gasteiger charge is 2.25. The summed E-state index contributed by atoms with van der Waals surface area (Å²) < 4.78 is 0. The van der Waals surface area contributed by atoms with Crippen LogP contribution in [-0.4, -0.2) is 36.6 Å². The molecule has 0 spiro atoms. The molecule has 0 saturated carbocycles. The van der Waals surface area contributed by atoms with Crippen LogP contribution in [0.15, 0.2) is 145 Å². The summed E-state index contributed by atoms with van der Waals surface area (Å²) in [6.07, 6.45) is 3.53. The van der Waals surface area contributed by atoms with Gasteiger partial charge in [-0.05, 0) is 17.7 Å². The summed E-state index contributed by atoms with van der Waals surface area (Å²) in [7, 11) is 0. The highest BCUT2D eigenvalue weighted by Crippen LogP contribution is 2.38. The van der Waals surface area contributed by atoms with E-state index in [1.807, 2.05) is 140 Å². The van der Waals surface area contributed by atoms with Gasteiger partial charge < -0.3 is 5.21 Å². The SMILES string of the molecule is N=C1/C(=N\O)C=Cc2c(-c3ccccc3)nc3c(-c4ccc(-c5nc(-c6ccccc6)nc(-c6ccccc6)n5)cc4)cccc3c21. The third-order valence-electron chi connectivity index (χ3n) is 8.28. The Morgan fingerprint density at radius 2 is 1.00 bits per heavy atom. The fourth-order valence-corrected chi connectivity index (χ4v) is 5.98. The molecule has 0 unspecified atom stereocenters. The number of pyridine rings is 1. The summed E-state index contributed by atoms with van der Waals surface area (Å²) in [6.45, 7) is 0. The highest BCUT2D eigenvalue weighted by molar-refractivity contribution is 6.55. The molecule has 2 aromatic heterocycles. The highest BCUT2D eigenvalue weighted by atomic mass is 16.4. The first-order valence-corrected chi connectivity index (χ1v) is 15.2. The number of hydrogen-bond donors (Lipinski definition) is 2. The van der Waals surface area contributed by atoms with Gasteiger partial charge in [-0.2, -0.15) is 0 Å². The molecule has 47 heavy (non-hydrogen) atoms. The molecule has 0 saturated heterocycles. The van der Waals surface area contributed by atoms with E-state index in [4.69, 9.17) is 25.3 Å². The summed E-state index contributed by atoms with van der Waals surface area (Å²) in [6, 6.07) is 43.9. The number of benzene rings is 5. The zero-order valence-corrected chi connectivity index (χ0v) is 25.0. The Morgan fingerprint density at radius 3 is 1.55 bits per heavy atom. The Labute approximate surface area is 270 Å². The van der Waals surface area contributed by atoms with Crippen LogP contribution in [0, 0.1) is 5.41 Å². The predicted octanol–water partition coefficient (Wildman–Crippen LogP) is 8.98. The van der Waals surface area contributed by atoms with E-state index >= 15 is 0 Å². The van der Waals surface area contributed by atoms with E-state index < -0.39 is 0 Å². The lowest BCUT2D eigenvalue weighted by Gasteiger charge is -2.20. The molecule has 7 aromatic rings. The van der Waals surface area contributed by atoms with Crippen molar-refractivity contribution in [1.29, 1.82) is 5.41 Å². The summed E-state index contributed by atoms with van der Waals surface area (Å²) >= 11 is 0. The van der Waals surface area contributed by atoms with Crippen molar-refractivity contribution < 1.29 is 5.21 Å². The van der Waals surface area contributed by atoms with Crippen molar-refractivity contribution >= 4 is 28.4 Å². The first-order chi connectivity index (χ1) is 23.2. The van der Waals surface area contributed by atoms with Crippen LogP contribution in [0.4, 0.5) is 0 Å². The van der Waals surface area contributed by atoms with E-state index in [-0.39, 0.29) is 11.4 Å². The van der Waals surface area contributed by atoms with Gasteiger partial charge in [-0.1, -0.05) is 139 Å². The lowest BCUT2D eigenvalue weighted by molar-refractivity contribution is 0.320. The average molecular weight is 607 g/mol. The molecule has 2 heterocycles. The molecule has 7 heteroatoms. The summed E-state index contributed by atoms with van der Waals surface area (Å²) in [4.78, 5) is 19.8. The lowest BCUT2D eigenvalue weighted by atomic mass is 9.87. The number of oxime groups is 1. The number of hydrogen-bond acceptors (Lipinski definition) is 7. The standard InChI is InChI=1S/C40H26N6O/c41-35-33(46-47)24-23-32-34(35)31-18-10-17-30(37(31)42-36(32)26-11-4-1-5-12-26)25-19-21-29(22-20-25)40-44-38(27-13-6-2-7-14-27)43-39(45-40)28-15-8-3-9-16-28/h1-24,41,47H/b41-35?,46-33-. The minimum absolute atomic E-state index is 0.153. The van der Waals surface area contributed by atoms with Gasteiger partial charge in [-0.25, -0.2) is 19.9 Å². The van der Waals surface area contributed by atoms with Crippen molar-refractivity contribution in [3.05, 3.63) is 151 Å². The fraction of sp³-hybridized carbons (Fsp3) is 0. The topological polar surface area (TPSA) is 108 Å². The Kier molecular flexibility index (Phi) is 6.96. The van der Waals surface area contributed by atoms with Crippen molar-refractivity contribution in [2.75, 3.05) is 0 Å². The van der Waals surface area contributed by atoms with Crippen LogP contribution in [0.3, 0.4) is 0 Å². The molecule has 8 rings (SSSR count). The Balaban J connectivity index is 1.27. The average Bonchev–Trinajstić information content (AvgIpc) is 3.15. The monoisotopic (exact) mass is 606 g/mol. The molecule has 1 aliphatic carbocycles. The van der Waals surface area contributed by atoms with Crippen LogP contribution in [0.2, 0.25) is 0 Å². The van der Waals surface area contributed by atoms with Gasteiger partial charge in [0.15, 0.2) is 17.5 Å². The van der Waals surface area contributed by atoms with E-state index in [2.05, 4.69) is 5.16 Å². The van der Waals surface area contributed by atoms with Gasteiger partial charge in [0.25, 0.3) is 0 Å². The largest absolute Gasteiger partial charge is 0.410 e. The van der Waals surface area contributed by atoms with Crippen LogP contribution >= 0.6 is 0 Å². The van der Waals surface area contributed by atoms with Gasteiger partial charge in [-0.15, -0.1) is 0 Å². The second-order valence-electron chi connectivity index (χ2n) is 11.1. The molecular weight excluding hydrogens is 580 g/mol. The number of nitrogens with zero attached hydrogens (tertiary/aromatic N) is 5. The van der Waals surface area contributed by atoms with Gasteiger partial charge >= 0.3 is 0 Å². The van der Waals surface area contributed by atoms with Crippen molar-refractivity contribution in [2.24, 2.45) is 5.16 Å². The second kappa shape index (κ2) is 11.7. The quantitative estimate of drug-likeness (QED) is 0.150. The first-order valence-electron chi connectivity index (χ1n) is 15.2. The third kappa shape index (κ3) is 5.06. The van der Waals surface area contributed by atoms with Crippen LogP contribution in [0.5, 0.6) is 0 Å². The molecule has 7 nitrogen and oxygen atoms in total. The molecule has 0 amide bonds. The van der Waals surface area contributed by atoms with Crippen LogP contribution in [0.25, 0.3) is 73.5 Å². The van der Waals surface area contributed by atoms with E-state index in [0.717, 1.165) is 55.5 Å². The summed E-state index contributed by atoms with van der Waals surface area (Å²) in [5, 5.41) is 22.8. The number of rotatable bonds is 5. The van der Waals surface area contributed by atoms with Gasteiger partial charge in [0, 0.05) is 44.3 Å². The zero-order chi connectivity index (χ0) is 31.7. The van der Waals surface area contributed by atoms with E-state index in [1.54, 1.807) is 6.08 Å². The van der Waals surface area contributed by atoms with E-state index in [1.165, 1.54) is 0 Å². The van der Waals surface area contributed by atoms with Gasteiger partial charge in [0.05, 0.1) is 16.9 Å². The molecule has 5 aromatic carbocycles. The molecular formula is C40H26N6O. The minimum atomic E-state index is 0.153. The van der Waals surface area contributed by atoms with Gasteiger partial charge in [-0.3, -0.25) is 5.41 Å². The molecule has 0 aliphatic heterocycles. The van der Waals surface area contributed by atoms with Crippen molar-refractivity contribution in [3.8, 4) is 56.5 Å². The Morgan fingerprint density at radius 1 is 0.489 bits per heavy atom. The Bertz CT molecular complexity index is 2290. The molecule has 0 bridgehead atoms. The van der Waals surface area contributed by atoms with Crippen molar-refractivity contribution in [2.45, 2.75) is 0 Å². The van der Waals surface area contributed by atoms with Crippen LogP contribution in [0.1, 0.15) is 11.1 Å². The summed E-state index contributed by atoms with van der Waals surface area (Å²) in [5.41, 5.74) is 8.91. The fourth-order valence-electron chi connectivity index (χ4n) is 5.98. The second-order valence-corrected chi connectivity index (χ2v) is 11.1. The molecule has 222 valence electrons. The smallest absolute Gasteiger partial charge is 0.164 e. The van der Waals surface area contributed by atoms with E-state index in [0.29, 0.717) is 23.0 Å². The Hall–Kier alpha value is -6.60. The van der Waals surface area contributed by atoms with Gasteiger partial charge in [0.2, 0.25) is 0 Å². The molecule has 1 aliphatic rings. The predicted molar refractivity (Wildman–Crippen MR) is 187 cm³/mol. The molecule has 0 radical (unpaired) electrons. The van der Waals surface area contributed by atoms with Crippen LogP contribution in [-0.2, 0) is 0 Å². The minimum Gasteiger partial charge on any atom is -0.410 e. The maximum atomic E-state index is 9.63. The number of para-hydroxylation sites is 1.